The van der Waals surface area contributed by atoms with E-state index in [2.05, 4.69) is 18.7 Å². The van der Waals surface area contributed by atoms with Crippen LogP contribution in [0.1, 0.15) is 38.3 Å². The van der Waals surface area contributed by atoms with Crippen LogP contribution >= 0.6 is 0 Å². The van der Waals surface area contributed by atoms with Crippen LogP contribution < -0.4 is 10.6 Å². The van der Waals surface area contributed by atoms with Crippen molar-refractivity contribution in [1.29, 1.82) is 0 Å². The van der Waals surface area contributed by atoms with E-state index in [1.165, 1.54) is 0 Å². The van der Waals surface area contributed by atoms with Crippen molar-refractivity contribution in [3.05, 3.63) is 29.8 Å². The molecule has 0 aliphatic rings. The fourth-order valence-corrected chi connectivity index (χ4v) is 2.01. The molecule has 0 radical (unpaired) electrons. The van der Waals surface area contributed by atoms with E-state index in [0.29, 0.717) is 0 Å². The first-order valence-corrected chi connectivity index (χ1v) is 6.54. The molecule has 2 N–H and O–H groups in total. The number of nitrogens with zero attached hydrogens (tertiary/aromatic N) is 1. The summed E-state index contributed by atoms with van der Waals surface area (Å²) in [6.45, 7) is 5.92. The van der Waals surface area contributed by atoms with Gasteiger partial charge < -0.3 is 10.6 Å². The van der Waals surface area contributed by atoms with Crippen LogP contribution in [0.15, 0.2) is 24.3 Å². The summed E-state index contributed by atoms with van der Waals surface area (Å²) in [5.74, 6) is 0. The quantitative estimate of drug-likeness (QED) is 0.853. The van der Waals surface area contributed by atoms with Crippen molar-refractivity contribution in [2.45, 2.75) is 38.9 Å². The lowest BCUT2D eigenvalue weighted by molar-refractivity contribution is -0.136. The van der Waals surface area contributed by atoms with E-state index in [4.69, 9.17) is 5.73 Å². The monoisotopic (exact) mass is 274 g/mol. The second kappa shape index (κ2) is 6.80. The molecule has 5 heteroatoms. The van der Waals surface area contributed by atoms with Gasteiger partial charge in [-0.1, -0.05) is 12.1 Å². The third-order valence-corrected chi connectivity index (χ3v) is 3.19. The molecule has 0 heterocycles. The second-order valence-electron chi connectivity index (χ2n) is 4.52. The number of halogens is 3. The molecule has 0 aliphatic carbocycles. The van der Waals surface area contributed by atoms with E-state index in [9.17, 15) is 13.2 Å². The summed E-state index contributed by atoms with van der Waals surface area (Å²) in [5.41, 5.74) is 7.60. The number of rotatable bonds is 6. The minimum atomic E-state index is -4.14. The Morgan fingerprint density at radius 1 is 1.11 bits per heavy atom. The van der Waals surface area contributed by atoms with Gasteiger partial charge in [-0.3, -0.25) is 0 Å². The molecule has 0 saturated heterocycles. The van der Waals surface area contributed by atoms with Crippen LogP contribution in [-0.4, -0.2) is 19.3 Å². The summed E-state index contributed by atoms with van der Waals surface area (Å²) in [6.07, 6.45) is -5.06. The standard InChI is InChI=1S/C14H21F3N2/c1-3-19(4-2)12-7-5-11(6-8-12)13(18)9-10-14(15,16)17/h5-8,13H,3-4,9-10,18H2,1-2H3/t13-/m0/s1. The smallest absolute Gasteiger partial charge is 0.372 e. The number of alkyl halides is 3. The maximum atomic E-state index is 12.1. The SMILES string of the molecule is CCN(CC)c1ccc([C@@H](N)CCC(F)(F)F)cc1. The van der Waals surface area contributed by atoms with Gasteiger partial charge in [-0.15, -0.1) is 0 Å². The first-order valence-electron chi connectivity index (χ1n) is 6.54. The van der Waals surface area contributed by atoms with E-state index >= 15 is 0 Å². The van der Waals surface area contributed by atoms with Crippen LogP contribution in [0.2, 0.25) is 0 Å². The Kier molecular flexibility index (Phi) is 5.66. The van der Waals surface area contributed by atoms with Gasteiger partial charge in [0.25, 0.3) is 0 Å². The van der Waals surface area contributed by atoms with Crippen LogP contribution in [0.5, 0.6) is 0 Å². The highest BCUT2D eigenvalue weighted by molar-refractivity contribution is 5.47. The summed E-state index contributed by atoms with van der Waals surface area (Å²) >= 11 is 0. The average Bonchev–Trinajstić information content (AvgIpc) is 2.37. The Hall–Kier alpha value is -1.23. The molecule has 1 atom stereocenters. The fraction of sp³-hybridized carbons (Fsp3) is 0.571. The molecule has 19 heavy (non-hydrogen) atoms. The van der Waals surface area contributed by atoms with E-state index in [1.54, 1.807) is 0 Å². The number of benzene rings is 1. The number of hydrogen-bond acceptors (Lipinski definition) is 2. The molecular formula is C14H21F3N2. The third kappa shape index (κ3) is 5.11. The van der Waals surface area contributed by atoms with Crippen molar-refractivity contribution < 1.29 is 13.2 Å². The van der Waals surface area contributed by atoms with Crippen molar-refractivity contribution in [2.24, 2.45) is 5.73 Å². The third-order valence-electron chi connectivity index (χ3n) is 3.19. The highest BCUT2D eigenvalue weighted by atomic mass is 19.4. The Bertz CT molecular complexity index is 369. The first kappa shape index (κ1) is 15.8. The summed E-state index contributed by atoms with van der Waals surface area (Å²) in [5, 5.41) is 0. The molecule has 0 spiro atoms. The van der Waals surface area contributed by atoms with Gasteiger partial charge in [0.15, 0.2) is 0 Å². The highest BCUT2D eigenvalue weighted by Gasteiger charge is 2.27. The van der Waals surface area contributed by atoms with Crippen molar-refractivity contribution in [2.75, 3.05) is 18.0 Å². The average molecular weight is 274 g/mol. The molecule has 0 saturated carbocycles. The lowest BCUT2D eigenvalue weighted by Crippen LogP contribution is -2.22. The number of anilines is 1. The van der Waals surface area contributed by atoms with E-state index < -0.39 is 18.6 Å². The van der Waals surface area contributed by atoms with Gasteiger partial charge in [0.2, 0.25) is 0 Å². The normalized spacial score (nSPS) is 13.4. The molecule has 1 rings (SSSR count). The van der Waals surface area contributed by atoms with Crippen molar-refractivity contribution in [1.82, 2.24) is 0 Å². The van der Waals surface area contributed by atoms with Crippen molar-refractivity contribution in [3.63, 3.8) is 0 Å². The maximum absolute atomic E-state index is 12.1. The van der Waals surface area contributed by atoms with Crippen LogP contribution in [0.25, 0.3) is 0 Å². The zero-order valence-corrected chi connectivity index (χ0v) is 11.4. The lowest BCUT2D eigenvalue weighted by Gasteiger charge is -2.22. The van der Waals surface area contributed by atoms with Gasteiger partial charge in [-0.2, -0.15) is 13.2 Å². The number of nitrogens with two attached hydrogens (primary N) is 1. The van der Waals surface area contributed by atoms with Gasteiger partial charge in [0.1, 0.15) is 0 Å². The number of hydrogen-bond donors (Lipinski definition) is 1. The zero-order chi connectivity index (χ0) is 14.5. The second-order valence-corrected chi connectivity index (χ2v) is 4.52. The van der Waals surface area contributed by atoms with Crippen LogP contribution in [0.3, 0.4) is 0 Å². The van der Waals surface area contributed by atoms with E-state index in [0.717, 1.165) is 24.3 Å². The maximum Gasteiger partial charge on any atom is 0.389 e. The van der Waals surface area contributed by atoms with Crippen LogP contribution in [0, 0.1) is 0 Å². The van der Waals surface area contributed by atoms with Crippen LogP contribution in [0.4, 0.5) is 18.9 Å². The molecule has 0 aromatic heterocycles. The molecule has 1 aromatic carbocycles. The molecule has 0 aliphatic heterocycles. The Morgan fingerprint density at radius 2 is 1.63 bits per heavy atom. The van der Waals surface area contributed by atoms with Gasteiger partial charge in [-0.25, -0.2) is 0 Å². The zero-order valence-electron chi connectivity index (χ0n) is 11.4. The molecular weight excluding hydrogens is 253 g/mol. The molecule has 108 valence electrons. The predicted molar refractivity (Wildman–Crippen MR) is 72.2 cm³/mol. The lowest BCUT2D eigenvalue weighted by atomic mass is 10.0. The predicted octanol–water partition coefficient (Wildman–Crippen LogP) is 3.88. The summed E-state index contributed by atoms with van der Waals surface area (Å²) < 4.78 is 36.4. The highest BCUT2D eigenvalue weighted by Crippen LogP contribution is 2.27. The van der Waals surface area contributed by atoms with Crippen molar-refractivity contribution in [3.8, 4) is 0 Å². The molecule has 2 nitrogen and oxygen atoms in total. The first-order chi connectivity index (χ1) is 8.87. The van der Waals surface area contributed by atoms with Gasteiger partial charge in [-0.05, 0) is 38.0 Å². The van der Waals surface area contributed by atoms with E-state index in [-0.39, 0.29) is 6.42 Å². The molecule has 0 amide bonds. The van der Waals surface area contributed by atoms with Gasteiger partial charge >= 0.3 is 6.18 Å². The molecule has 0 fully saturated rings. The summed E-state index contributed by atoms with van der Waals surface area (Å²) in [4.78, 5) is 2.17. The Labute approximate surface area is 112 Å². The van der Waals surface area contributed by atoms with Gasteiger partial charge in [0.05, 0.1) is 0 Å². The Balaban J connectivity index is 2.65. The minimum Gasteiger partial charge on any atom is -0.372 e. The molecule has 0 bridgehead atoms. The molecule has 1 aromatic rings. The summed E-state index contributed by atoms with van der Waals surface area (Å²) in [6, 6.07) is 6.89. The Morgan fingerprint density at radius 3 is 2.05 bits per heavy atom. The fourth-order valence-electron chi connectivity index (χ4n) is 2.01. The van der Waals surface area contributed by atoms with Crippen molar-refractivity contribution >= 4 is 5.69 Å². The van der Waals surface area contributed by atoms with E-state index in [1.807, 2.05) is 24.3 Å². The summed E-state index contributed by atoms with van der Waals surface area (Å²) in [7, 11) is 0. The largest absolute Gasteiger partial charge is 0.389 e. The minimum absolute atomic E-state index is 0.0753. The molecule has 0 unspecified atom stereocenters. The topological polar surface area (TPSA) is 29.3 Å². The van der Waals surface area contributed by atoms with Crippen LogP contribution in [-0.2, 0) is 0 Å². The van der Waals surface area contributed by atoms with Gasteiger partial charge in [0, 0.05) is 31.2 Å².